The Hall–Kier alpha value is -1.95. The average molecular weight is 220 g/mol. The number of tetrazole rings is 1. The van der Waals surface area contributed by atoms with Crippen LogP contribution < -0.4 is 4.74 Å². The summed E-state index contributed by atoms with van der Waals surface area (Å²) >= 11 is 0. The Bertz CT molecular complexity index is 469. The Morgan fingerprint density at radius 2 is 2.31 bits per heavy atom. The van der Waals surface area contributed by atoms with Crippen molar-refractivity contribution in [1.29, 1.82) is 0 Å². The van der Waals surface area contributed by atoms with E-state index in [1.807, 2.05) is 24.3 Å². The highest BCUT2D eigenvalue weighted by Gasteiger charge is 2.08. The molecule has 84 valence electrons. The summed E-state index contributed by atoms with van der Waals surface area (Å²) in [6, 6.07) is 7.46. The molecule has 0 amide bonds. The van der Waals surface area contributed by atoms with Crippen LogP contribution in [-0.4, -0.2) is 39.0 Å². The lowest BCUT2D eigenvalue weighted by Crippen LogP contribution is -2.06. The van der Waals surface area contributed by atoms with E-state index in [0.29, 0.717) is 12.4 Å². The number of hydrogen-bond acceptors (Lipinski definition) is 5. The first-order valence-electron chi connectivity index (χ1n) is 4.86. The maximum Gasteiger partial charge on any atom is 0.182 e. The van der Waals surface area contributed by atoms with Crippen molar-refractivity contribution in [2.45, 2.75) is 6.54 Å². The summed E-state index contributed by atoms with van der Waals surface area (Å²) in [6.45, 7) is 0.377. The van der Waals surface area contributed by atoms with E-state index in [2.05, 4.69) is 15.5 Å². The van der Waals surface area contributed by atoms with Gasteiger partial charge in [-0.3, -0.25) is 0 Å². The van der Waals surface area contributed by atoms with Gasteiger partial charge in [0, 0.05) is 5.56 Å². The highest BCUT2D eigenvalue weighted by Crippen LogP contribution is 2.20. The van der Waals surface area contributed by atoms with Crippen molar-refractivity contribution in [1.82, 2.24) is 20.2 Å². The quantitative estimate of drug-likeness (QED) is 0.804. The van der Waals surface area contributed by atoms with Gasteiger partial charge in [0.05, 0.1) is 20.3 Å². The van der Waals surface area contributed by atoms with E-state index in [9.17, 15) is 0 Å². The summed E-state index contributed by atoms with van der Waals surface area (Å²) in [5, 5.41) is 20.2. The molecule has 1 aromatic carbocycles. The van der Waals surface area contributed by atoms with Crippen molar-refractivity contribution >= 4 is 0 Å². The van der Waals surface area contributed by atoms with Crippen molar-refractivity contribution in [3.63, 3.8) is 0 Å². The predicted octanol–water partition coefficient (Wildman–Crippen LogP) is 0.341. The smallest absolute Gasteiger partial charge is 0.182 e. The van der Waals surface area contributed by atoms with Crippen LogP contribution in [0.2, 0.25) is 0 Å². The van der Waals surface area contributed by atoms with Crippen molar-refractivity contribution < 1.29 is 9.84 Å². The van der Waals surface area contributed by atoms with Gasteiger partial charge in [-0.05, 0) is 22.6 Å². The van der Waals surface area contributed by atoms with Gasteiger partial charge in [-0.25, -0.2) is 4.68 Å². The van der Waals surface area contributed by atoms with Gasteiger partial charge < -0.3 is 9.84 Å². The minimum Gasteiger partial charge on any atom is -0.497 e. The van der Waals surface area contributed by atoms with E-state index in [0.717, 1.165) is 11.3 Å². The molecule has 6 nitrogen and oxygen atoms in total. The molecule has 1 N–H and O–H groups in total. The van der Waals surface area contributed by atoms with Gasteiger partial charge in [0.15, 0.2) is 5.82 Å². The molecule has 0 saturated carbocycles. The number of ether oxygens (including phenoxy) is 1. The minimum absolute atomic E-state index is 0.00199. The third-order valence-electron chi connectivity index (χ3n) is 2.17. The van der Waals surface area contributed by atoms with E-state index in [1.165, 1.54) is 0 Å². The third kappa shape index (κ3) is 2.01. The summed E-state index contributed by atoms with van der Waals surface area (Å²) in [6.07, 6.45) is 0. The SMILES string of the molecule is COc1cccc(-c2nnnn2CCO)c1. The van der Waals surface area contributed by atoms with Crippen molar-refractivity contribution in [3.8, 4) is 17.1 Å². The summed E-state index contributed by atoms with van der Waals surface area (Å²) in [5.41, 5.74) is 0.859. The molecule has 0 radical (unpaired) electrons. The summed E-state index contributed by atoms with van der Waals surface area (Å²) in [5.74, 6) is 1.36. The fourth-order valence-corrected chi connectivity index (χ4v) is 1.42. The number of methoxy groups -OCH3 is 1. The Morgan fingerprint density at radius 1 is 1.44 bits per heavy atom. The van der Waals surface area contributed by atoms with Crippen LogP contribution in [0.5, 0.6) is 5.75 Å². The Kier molecular flexibility index (Phi) is 3.11. The molecule has 0 unspecified atom stereocenters. The molecular formula is C10H12N4O2. The fraction of sp³-hybridized carbons (Fsp3) is 0.300. The first-order valence-corrected chi connectivity index (χ1v) is 4.86. The Labute approximate surface area is 92.5 Å². The molecule has 2 aromatic rings. The standard InChI is InChI=1S/C10H12N4O2/c1-16-9-4-2-3-8(7-9)10-11-12-13-14(10)5-6-15/h2-4,7,15H,5-6H2,1H3. The van der Waals surface area contributed by atoms with E-state index < -0.39 is 0 Å². The van der Waals surface area contributed by atoms with Crippen LogP contribution >= 0.6 is 0 Å². The molecule has 0 aliphatic carbocycles. The second-order valence-corrected chi connectivity index (χ2v) is 3.18. The molecule has 0 aliphatic rings. The van der Waals surface area contributed by atoms with Gasteiger partial charge in [0.2, 0.25) is 0 Å². The van der Waals surface area contributed by atoms with E-state index in [-0.39, 0.29) is 6.61 Å². The number of benzene rings is 1. The topological polar surface area (TPSA) is 73.1 Å². The molecule has 1 heterocycles. The molecule has 0 spiro atoms. The lowest BCUT2D eigenvalue weighted by molar-refractivity contribution is 0.269. The van der Waals surface area contributed by atoms with Crippen LogP contribution in [0.25, 0.3) is 11.4 Å². The third-order valence-corrected chi connectivity index (χ3v) is 2.17. The lowest BCUT2D eigenvalue weighted by atomic mass is 10.2. The number of aliphatic hydroxyl groups is 1. The van der Waals surface area contributed by atoms with Gasteiger partial charge in [-0.2, -0.15) is 0 Å². The van der Waals surface area contributed by atoms with Crippen LogP contribution in [0.1, 0.15) is 0 Å². The van der Waals surface area contributed by atoms with E-state index in [1.54, 1.807) is 11.8 Å². The van der Waals surface area contributed by atoms with Crippen LogP contribution in [0.4, 0.5) is 0 Å². The fourth-order valence-electron chi connectivity index (χ4n) is 1.42. The summed E-state index contributed by atoms with van der Waals surface area (Å²) in [7, 11) is 1.61. The van der Waals surface area contributed by atoms with Crippen LogP contribution in [0.15, 0.2) is 24.3 Å². The van der Waals surface area contributed by atoms with Crippen molar-refractivity contribution in [2.24, 2.45) is 0 Å². The summed E-state index contributed by atoms with van der Waals surface area (Å²) < 4.78 is 6.68. The zero-order valence-electron chi connectivity index (χ0n) is 8.87. The highest BCUT2D eigenvalue weighted by atomic mass is 16.5. The molecule has 0 bridgehead atoms. The molecular weight excluding hydrogens is 208 g/mol. The Morgan fingerprint density at radius 3 is 3.06 bits per heavy atom. The lowest BCUT2D eigenvalue weighted by Gasteiger charge is -2.04. The Balaban J connectivity index is 2.37. The largest absolute Gasteiger partial charge is 0.497 e. The van der Waals surface area contributed by atoms with Crippen LogP contribution in [-0.2, 0) is 6.54 Å². The molecule has 6 heteroatoms. The van der Waals surface area contributed by atoms with Crippen LogP contribution in [0.3, 0.4) is 0 Å². The molecule has 0 saturated heterocycles. The van der Waals surface area contributed by atoms with Gasteiger partial charge in [-0.15, -0.1) is 5.10 Å². The highest BCUT2D eigenvalue weighted by molar-refractivity contribution is 5.57. The molecule has 2 rings (SSSR count). The van der Waals surface area contributed by atoms with Crippen molar-refractivity contribution in [2.75, 3.05) is 13.7 Å². The van der Waals surface area contributed by atoms with Gasteiger partial charge in [0.25, 0.3) is 0 Å². The van der Waals surface area contributed by atoms with Gasteiger partial charge >= 0.3 is 0 Å². The zero-order chi connectivity index (χ0) is 11.4. The first kappa shape index (κ1) is 10.6. The van der Waals surface area contributed by atoms with E-state index in [4.69, 9.17) is 9.84 Å². The average Bonchev–Trinajstić information content (AvgIpc) is 2.78. The monoisotopic (exact) mass is 220 g/mol. The second kappa shape index (κ2) is 4.71. The maximum absolute atomic E-state index is 8.87. The molecule has 1 aromatic heterocycles. The zero-order valence-corrected chi connectivity index (χ0v) is 8.87. The molecule has 0 aliphatic heterocycles. The number of aliphatic hydroxyl groups excluding tert-OH is 1. The number of nitrogens with zero attached hydrogens (tertiary/aromatic N) is 4. The molecule has 0 fully saturated rings. The summed E-state index contributed by atoms with van der Waals surface area (Å²) in [4.78, 5) is 0. The minimum atomic E-state index is 0.00199. The molecule has 16 heavy (non-hydrogen) atoms. The normalized spacial score (nSPS) is 10.4. The first-order chi connectivity index (χ1) is 7.85. The number of aromatic nitrogens is 4. The van der Waals surface area contributed by atoms with E-state index >= 15 is 0 Å². The van der Waals surface area contributed by atoms with Gasteiger partial charge in [-0.1, -0.05) is 12.1 Å². The number of hydrogen-bond donors (Lipinski definition) is 1. The number of rotatable bonds is 4. The second-order valence-electron chi connectivity index (χ2n) is 3.18. The predicted molar refractivity (Wildman–Crippen MR) is 56.9 cm³/mol. The van der Waals surface area contributed by atoms with Crippen LogP contribution in [0, 0.1) is 0 Å². The van der Waals surface area contributed by atoms with Gasteiger partial charge in [0.1, 0.15) is 5.75 Å². The van der Waals surface area contributed by atoms with Crippen molar-refractivity contribution in [3.05, 3.63) is 24.3 Å². The maximum atomic E-state index is 8.87. The molecule has 0 atom stereocenters.